The number of benzene rings is 1. The molecular formula is C9H6N2O6S. The third-order valence-electron chi connectivity index (χ3n) is 2.20. The third kappa shape index (κ3) is 2.08. The Kier molecular flexibility index (Phi) is 2.64. The molecule has 8 nitrogen and oxygen atoms in total. The first-order valence-corrected chi connectivity index (χ1v) is 6.09. The maximum Gasteiger partial charge on any atom is 0.356 e. The lowest BCUT2D eigenvalue weighted by Gasteiger charge is -1.99. The van der Waals surface area contributed by atoms with Crippen LogP contribution in [-0.4, -0.2) is 13.3 Å². The van der Waals surface area contributed by atoms with E-state index in [1.54, 1.807) is 0 Å². The Bertz CT molecular complexity index is 807. The normalized spacial score (nSPS) is 11.6. The van der Waals surface area contributed by atoms with Crippen LogP contribution >= 0.6 is 0 Å². The molecule has 0 fully saturated rings. The van der Waals surface area contributed by atoms with Crippen molar-refractivity contribution in [2.75, 3.05) is 0 Å². The molecule has 1 aromatic heterocycles. The average Bonchev–Trinajstić information content (AvgIpc) is 2.25. The van der Waals surface area contributed by atoms with Crippen LogP contribution in [0.25, 0.3) is 11.0 Å². The number of nitro benzene ring substituents is 1. The van der Waals surface area contributed by atoms with Crippen molar-refractivity contribution in [3.05, 3.63) is 44.8 Å². The Morgan fingerprint density at radius 3 is 2.50 bits per heavy atom. The molecule has 0 bridgehead atoms. The van der Waals surface area contributed by atoms with Crippen LogP contribution in [0.5, 0.6) is 0 Å². The van der Waals surface area contributed by atoms with E-state index in [1.165, 1.54) is 6.07 Å². The fraction of sp³-hybridized carbons (Fsp3) is 0. The molecule has 2 rings (SSSR count). The zero-order valence-electron chi connectivity index (χ0n) is 8.69. The maximum absolute atomic E-state index is 11.3. The molecule has 94 valence electrons. The van der Waals surface area contributed by atoms with Gasteiger partial charge in [-0.25, -0.2) is 18.4 Å². The summed E-state index contributed by atoms with van der Waals surface area (Å²) in [6.45, 7) is 0. The predicted molar refractivity (Wildman–Crippen MR) is 60.5 cm³/mol. The number of nitrogens with two attached hydrogens (primary N) is 1. The largest absolute Gasteiger partial charge is 0.422 e. The number of sulfonamides is 1. The van der Waals surface area contributed by atoms with Gasteiger partial charge in [-0.3, -0.25) is 10.1 Å². The molecular weight excluding hydrogens is 264 g/mol. The van der Waals surface area contributed by atoms with Crippen LogP contribution in [0.15, 0.2) is 38.4 Å². The van der Waals surface area contributed by atoms with Gasteiger partial charge in [0.15, 0.2) is 4.90 Å². The van der Waals surface area contributed by atoms with Gasteiger partial charge >= 0.3 is 5.63 Å². The zero-order valence-corrected chi connectivity index (χ0v) is 9.51. The van der Waals surface area contributed by atoms with Crippen molar-refractivity contribution in [3.8, 4) is 0 Å². The van der Waals surface area contributed by atoms with E-state index in [9.17, 15) is 23.3 Å². The molecule has 0 aliphatic heterocycles. The first-order chi connectivity index (χ1) is 8.29. The van der Waals surface area contributed by atoms with E-state index < -0.39 is 25.5 Å². The molecule has 2 N–H and O–H groups in total. The van der Waals surface area contributed by atoms with E-state index in [0.717, 1.165) is 18.2 Å². The summed E-state index contributed by atoms with van der Waals surface area (Å²) in [7, 11) is -4.23. The summed E-state index contributed by atoms with van der Waals surface area (Å²) >= 11 is 0. The van der Waals surface area contributed by atoms with E-state index in [2.05, 4.69) is 0 Å². The lowest BCUT2D eigenvalue weighted by Crippen LogP contribution is -2.20. The second-order valence-electron chi connectivity index (χ2n) is 3.42. The van der Waals surface area contributed by atoms with Crippen molar-refractivity contribution in [1.82, 2.24) is 0 Å². The van der Waals surface area contributed by atoms with Crippen LogP contribution in [-0.2, 0) is 10.0 Å². The topological polar surface area (TPSA) is 134 Å². The van der Waals surface area contributed by atoms with Crippen LogP contribution in [0.1, 0.15) is 0 Å². The Hall–Kier alpha value is -2.26. The maximum atomic E-state index is 11.3. The van der Waals surface area contributed by atoms with Gasteiger partial charge in [-0.2, -0.15) is 0 Å². The quantitative estimate of drug-likeness (QED) is 0.475. The molecule has 0 spiro atoms. The second-order valence-corrected chi connectivity index (χ2v) is 4.95. The highest BCUT2D eigenvalue weighted by atomic mass is 32.2. The fourth-order valence-electron chi connectivity index (χ4n) is 1.40. The van der Waals surface area contributed by atoms with E-state index >= 15 is 0 Å². The molecule has 0 aliphatic carbocycles. The molecule has 1 aromatic carbocycles. The number of hydrogen-bond donors (Lipinski definition) is 1. The minimum Gasteiger partial charge on any atom is -0.422 e. The summed E-state index contributed by atoms with van der Waals surface area (Å²) < 4.78 is 26.9. The highest BCUT2D eigenvalue weighted by molar-refractivity contribution is 7.89. The first kappa shape index (κ1) is 12.2. The van der Waals surface area contributed by atoms with E-state index in [-0.39, 0.29) is 16.7 Å². The standard InChI is InChI=1S/C9H6N2O6S/c10-18(15,16)8-4-5-3-6(11(13)14)1-2-7(5)17-9(8)12/h1-4H,(H2,10,15,16). The summed E-state index contributed by atoms with van der Waals surface area (Å²) in [5.74, 6) is 0. The molecule has 18 heavy (non-hydrogen) atoms. The Labute approximate surface area is 99.8 Å². The molecule has 0 aliphatic rings. The van der Waals surface area contributed by atoms with Crippen molar-refractivity contribution in [2.45, 2.75) is 4.90 Å². The van der Waals surface area contributed by atoms with E-state index in [4.69, 9.17) is 9.56 Å². The Morgan fingerprint density at radius 1 is 1.28 bits per heavy atom. The molecule has 0 amide bonds. The van der Waals surface area contributed by atoms with Crippen LogP contribution in [0.2, 0.25) is 0 Å². The third-order valence-corrected chi connectivity index (χ3v) is 3.10. The van der Waals surface area contributed by atoms with E-state index in [0.29, 0.717) is 0 Å². The predicted octanol–water partition coefficient (Wildman–Crippen LogP) is 0.349. The van der Waals surface area contributed by atoms with Crippen LogP contribution in [0, 0.1) is 10.1 Å². The van der Waals surface area contributed by atoms with Gasteiger partial charge in [0, 0.05) is 17.5 Å². The molecule has 0 saturated carbocycles. The SMILES string of the molecule is NS(=O)(=O)c1cc2cc([N+](=O)[O-])ccc2oc1=O. The number of primary sulfonamides is 1. The molecule has 0 atom stereocenters. The van der Waals surface area contributed by atoms with Crippen molar-refractivity contribution >= 4 is 26.7 Å². The number of non-ortho nitro benzene ring substituents is 1. The van der Waals surface area contributed by atoms with Crippen LogP contribution < -0.4 is 10.8 Å². The number of hydrogen-bond acceptors (Lipinski definition) is 6. The smallest absolute Gasteiger partial charge is 0.356 e. The van der Waals surface area contributed by atoms with Gasteiger partial charge in [0.1, 0.15) is 5.58 Å². The Morgan fingerprint density at radius 2 is 1.94 bits per heavy atom. The van der Waals surface area contributed by atoms with Crippen molar-refractivity contribution in [3.63, 3.8) is 0 Å². The fourth-order valence-corrected chi connectivity index (χ4v) is 1.97. The highest BCUT2D eigenvalue weighted by Gasteiger charge is 2.17. The number of fused-ring (bicyclic) bond motifs is 1. The molecule has 9 heteroatoms. The Balaban J connectivity index is 2.83. The van der Waals surface area contributed by atoms with Gasteiger partial charge in [-0.15, -0.1) is 0 Å². The minimum atomic E-state index is -4.23. The molecule has 2 aromatic rings. The summed E-state index contributed by atoms with van der Waals surface area (Å²) in [6, 6.07) is 4.39. The molecule has 0 radical (unpaired) electrons. The van der Waals surface area contributed by atoms with Gasteiger partial charge in [-0.05, 0) is 12.1 Å². The summed E-state index contributed by atoms with van der Waals surface area (Å²) in [4.78, 5) is 20.5. The number of nitro groups is 1. The zero-order chi connectivity index (χ0) is 13.5. The van der Waals surface area contributed by atoms with Crippen molar-refractivity contribution in [2.24, 2.45) is 5.14 Å². The second kappa shape index (κ2) is 3.89. The average molecular weight is 270 g/mol. The van der Waals surface area contributed by atoms with Crippen LogP contribution in [0.3, 0.4) is 0 Å². The van der Waals surface area contributed by atoms with Gasteiger partial charge in [0.05, 0.1) is 4.92 Å². The van der Waals surface area contributed by atoms with Gasteiger partial charge in [0.2, 0.25) is 10.0 Å². The van der Waals surface area contributed by atoms with Gasteiger partial charge < -0.3 is 4.42 Å². The summed E-state index contributed by atoms with van der Waals surface area (Å²) in [5.41, 5.74) is -1.33. The first-order valence-electron chi connectivity index (χ1n) is 4.54. The van der Waals surface area contributed by atoms with Gasteiger partial charge in [0.25, 0.3) is 5.69 Å². The molecule has 0 saturated heterocycles. The number of nitrogens with zero attached hydrogens (tertiary/aromatic N) is 1. The monoisotopic (exact) mass is 270 g/mol. The minimum absolute atomic E-state index is 0.0398. The highest BCUT2D eigenvalue weighted by Crippen LogP contribution is 2.21. The van der Waals surface area contributed by atoms with Crippen molar-refractivity contribution < 1.29 is 17.8 Å². The lowest BCUT2D eigenvalue weighted by atomic mass is 10.2. The number of rotatable bonds is 2. The molecule has 1 heterocycles. The van der Waals surface area contributed by atoms with Crippen LogP contribution in [0.4, 0.5) is 5.69 Å². The summed E-state index contributed by atoms with van der Waals surface area (Å²) in [6.07, 6.45) is 0. The summed E-state index contributed by atoms with van der Waals surface area (Å²) in [5, 5.41) is 15.5. The lowest BCUT2D eigenvalue weighted by molar-refractivity contribution is -0.384. The van der Waals surface area contributed by atoms with E-state index in [1.807, 2.05) is 0 Å². The van der Waals surface area contributed by atoms with Crippen molar-refractivity contribution in [1.29, 1.82) is 0 Å². The molecule has 0 unspecified atom stereocenters. The van der Waals surface area contributed by atoms with Gasteiger partial charge in [-0.1, -0.05) is 0 Å².